The number of hydrogen-bond donors (Lipinski definition) is 7. The molecule has 0 radical (unpaired) electrons. The molecule has 2 aliphatic heterocycles. The molecule has 13 rings (SSSR count). The number of carboxylic acid groups (broad SMARTS) is 1. The zero-order valence-corrected chi connectivity index (χ0v) is 49.2. The molecule has 464 valence electrons. The molecule has 2 heterocycles. The number of alkyl halides is 2. The van der Waals surface area contributed by atoms with Crippen LogP contribution in [0.1, 0.15) is 118 Å². The van der Waals surface area contributed by atoms with Crippen LogP contribution in [0.15, 0.2) is 121 Å². The Morgan fingerprint density at radius 2 is 1.54 bits per heavy atom. The van der Waals surface area contributed by atoms with Crippen molar-refractivity contribution in [3.05, 3.63) is 154 Å². The van der Waals surface area contributed by atoms with Crippen LogP contribution in [0.5, 0.6) is 0 Å². The number of amides is 5. The van der Waals surface area contributed by atoms with Crippen LogP contribution in [0.25, 0.3) is 0 Å². The third-order valence-corrected chi connectivity index (χ3v) is 20.3. The van der Waals surface area contributed by atoms with Gasteiger partial charge in [-0.3, -0.25) is 33.6 Å². The summed E-state index contributed by atoms with van der Waals surface area (Å²) in [6.07, 6.45) is -0.680. The number of para-hydroxylation sites is 1. The summed E-state index contributed by atoms with van der Waals surface area (Å²) in [4.78, 5) is 105. The third-order valence-electron chi connectivity index (χ3n) is 20.3. The Morgan fingerprint density at radius 1 is 0.843 bits per heavy atom. The van der Waals surface area contributed by atoms with Crippen molar-refractivity contribution in [1.82, 2.24) is 16.0 Å². The lowest BCUT2D eigenvalue weighted by atomic mass is 9.38. The fourth-order valence-electron chi connectivity index (χ4n) is 16.2. The van der Waals surface area contributed by atoms with E-state index in [1.165, 1.54) is 19.1 Å². The maximum absolute atomic E-state index is 17.8. The summed E-state index contributed by atoms with van der Waals surface area (Å²) in [6.45, 7) is 2.01. The van der Waals surface area contributed by atoms with E-state index in [-0.39, 0.29) is 68.6 Å². The molecule has 7 N–H and O–H groups in total. The number of aliphatic hydroxyl groups is 2. The predicted molar refractivity (Wildman–Crippen MR) is 316 cm³/mol. The summed E-state index contributed by atoms with van der Waals surface area (Å²) in [5.74, 6) is -0.0742. The average Bonchev–Trinajstić information content (AvgIpc) is 1.64. The van der Waals surface area contributed by atoms with Crippen molar-refractivity contribution in [3.63, 3.8) is 0 Å². The van der Waals surface area contributed by atoms with Crippen molar-refractivity contribution in [1.29, 1.82) is 0 Å². The van der Waals surface area contributed by atoms with Gasteiger partial charge in [-0.05, 0) is 134 Å². The topological polar surface area (TPSA) is 276 Å². The molecular formula is C68H69F2N5O14. The smallest absolute Gasteiger partial charge is 0.407 e. The number of hydrogen-bond acceptors (Lipinski definition) is 13. The van der Waals surface area contributed by atoms with Crippen LogP contribution in [0.3, 0.4) is 0 Å². The molecule has 0 aromatic heterocycles. The number of aliphatic carboxylic acids is 1. The van der Waals surface area contributed by atoms with E-state index in [1.807, 2.05) is 60.7 Å². The highest BCUT2D eigenvalue weighted by molar-refractivity contribution is 6.02. The van der Waals surface area contributed by atoms with Gasteiger partial charge in [0.1, 0.15) is 25.4 Å². The molecule has 11 atom stereocenters. The van der Waals surface area contributed by atoms with Crippen LogP contribution in [0.4, 0.5) is 25.0 Å². The van der Waals surface area contributed by atoms with Gasteiger partial charge in [0.2, 0.25) is 23.6 Å². The number of nitrogens with zero attached hydrogens (tertiary/aromatic N) is 1. The van der Waals surface area contributed by atoms with Crippen LogP contribution in [0, 0.1) is 39.9 Å². The van der Waals surface area contributed by atoms with E-state index in [0.29, 0.717) is 28.1 Å². The quantitative estimate of drug-likeness (QED) is 0.0473. The molecule has 1 saturated heterocycles. The van der Waals surface area contributed by atoms with Gasteiger partial charge in [-0.1, -0.05) is 91.6 Å². The van der Waals surface area contributed by atoms with E-state index in [0.717, 1.165) is 48.4 Å². The van der Waals surface area contributed by atoms with Gasteiger partial charge in [0.25, 0.3) is 0 Å². The van der Waals surface area contributed by atoms with Crippen molar-refractivity contribution in [3.8, 4) is 11.8 Å². The maximum atomic E-state index is 17.8. The summed E-state index contributed by atoms with van der Waals surface area (Å²) in [5.41, 5.74) is -1.89. The molecule has 6 saturated carbocycles. The number of anilines is 2. The maximum Gasteiger partial charge on any atom is 0.407 e. The van der Waals surface area contributed by atoms with E-state index in [1.54, 1.807) is 48.2 Å². The van der Waals surface area contributed by atoms with E-state index in [2.05, 4.69) is 33.1 Å². The van der Waals surface area contributed by atoms with Gasteiger partial charge < -0.3 is 55.7 Å². The largest absolute Gasteiger partial charge is 0.481 e. The van der Waals surface area contributed by atoms with Gasteiger partial charge in [0.05, 0.1) is 31.0 Å². The van der Waals surface area contributed by atoms with E-state index in [9.17, 15) is 53.7 Å². The zero-order chi connectivity index (χ0) is 62.8. The molecule has 5 amide bonds. The fourth-order valence-corrected chi connectivity index (χ4v) is 16.2. The normalized spacial score (nSPS) is 31.6. The standard InChI is InChI=1S/C68H69F2N5O14/c1-63-26-25-46(77)27-49(63)50(69)28-48-47-29-55-68(54(79)34-76,64(47,2)31-53(78)67(48,63)70)89-61(88-55)43-15-11-39(12-16-43)30-65-36-66(37-65,38-65)74-62(86)87-35-40-13-19-45(20-14-40)72-60(85)51(21-24-59(83)84)73-57(81)32-71-56(80)22-23-58(82)75-33-44-9-4-3-7-41(44)17-18-42-8-5-6-10-52(42)75/h3-16,19-20,25-27,47-48,50-51,53,55,61,76,78H,21-24,28-38H2,1-2H3,(H,71,80)(H,72,85)(H,73,81)(H,74,86)(H,83,84)/t47-,48-,50-,51-,53-,55+,61?,63-,64-,65?,66?,67-,68+/m0/s1. The lowest BCUT2D eigenvalue weighted by Crippen LogP contribution is -2.75. The van der Waals surface area contributed by atoms with Gasteiger partial charge in [-0.25, -0.2) is 13.6 Å². The van der Waals surface area contributed by atoms with Crippen LogP contribution < -0.4 is 26.2 Å². The first-order valence-corrected chi connectivity index (χ1v) is 30.1. The number of carbonyl (C=O) groups excluding carboxylic acids is 7. The van der Waals surface area contributed by atoms with Gasteiger partial charge in [-0.2, -0.15) is 0 Å². The van der Waals surface area contributed by atoms with Crippen molar-refractivity contribution in [2.45, 2.75) is 145 Å². The number of fused-ring (bicyclic) bond motifs is 9. The third kappa shape index (κ3) is 10.8. The van der Waals surface area contributed by atoms with Gasteiger partial charge in [0.15, 0.2) is 29.1 Å². The number of rotatable bonds is 19. The van der Waals surface area contributed by atoms with Crippen LogP contribution in [-0.2, 0) is 67.3 Å². The Morgan fingerprint density at radius 3 is 2.27 bits per heavy atom. The second-order valence-electron chi connectivity index (χ2n) is 25.8. The predicted octanol–water partition coefficient (Wildman–Crippen LogP) is 6.85. The van der Waals surface area contributed by atoms with Crippen molar-refractivity contribution >= 4 is 58.6 Å². The molecule has 9 aliphatic rings. The van der Waals surface area contributed by atoms with Crippen LogP contribution >= 0.6 is 0 Å². The average molecular weight is 1220 g/mol. The summed E-state index contributed by atoms with van der Waals surface area (Å²) in [6, 6.07) is 27.5. The van der Waals surface area contributed by atoms with Crippen LogP contribution in [0.2, 0.25) is 0 Å². The highest BCUT2D eigenvalue weighted by Crippen LogP contribution is 2.73. The second kappa shape index (κ2) is 23.2. The molecule has 7 fully saturated rings. The number of halogens is 2. The minimum atomic E-state index is -2.36. The minimum Gasteiger partial charge on any atom is -0.481 e. The lowest BCUT2D eigenvalue weighted by Gasteiger charge is -2.70. The van der Waals surface area contributed by atoms with E-state index < -0.39 is 131 Å². The number of aliphatic hydroxyl groups excluding tert-OH is 2. The van der Waals surface area contributed by atoms with E-state index in [4.69, 9.17) is 14.2 Å². The highest BCUT2D eigenvalue weighted by Gasteiger charge is 2.80. The molecule has 4 aromatic rings. The first-order chi connectivity index (χ1) is 42.5. The number of nitrogens with one attached hydrogen (secondary N) is 4. The van der Waals surface area contributed by atoms with Crippen LogP contribution in [-0.4, -0.2) is 117 Å². The number of carbonyl (C=O) groups is 8. The summed E-state index contributed by atoms with van der Waals surface area (Å²) in [5, 5.41) is 42.3. The molecule has 4 aromatic carbocycles. The number of ether oxygens (including phenoxy) is 3. The Balaban J connectivity index is 0.582. The number of carboxylic acids is 1. The molecule has 7 aliphatic carbocycles. The Kier molecular flexibility index (Phi) is 15.9. The van der Waals surface area contributed by atoms with Gasteiger partial charge in [-0.15, -0.1) is 0 Å². The number of ketones is 2. The molecule has 2 bridgehead atoms. The van der Waals surface area contributed by atoms with Gasteiger partial charge in [0, 0.05) is 63.9 Å². The van der Waals surface area contributed by atoms with Crippen molar-refractivity contribution < 1.29 is 76.7 Å². The molecule has 89 heavy (non-hydrogen) atoms. The molecule has 0 spiro atoms. The van der Waals surface area contributed by atoms with Crippen molar-refractivity contribution in [2.75, 3.05) is 23.4 Å². The number of alkyl carbamates (subject to hydrolysis) is 1. The first-order valence-electron chi connectivity index (χ1n) is 30.1. The van der Waals surface area contributed by atoms with E-state index >= 15 is 8.78 Å². The number of allylic oxidation sites excluding steroid dienone is 4. The van der Waals surface area contributed by atoms with Crippen molar-refractivity contribution in [2.24, 2.45) is 28.1 Å². The zero-order valence-electron chi connectivity index (χ0n) is 49.2. The molecular weight excluding hydrogens is 1150 g/mol. The Hall–Kier alpha value is -8.42. The summed E-state index contributed by atoms with van der Waals surface area (Å²) in [7, 11) is 0. The number of Topliss-reactive ketones (excluding diaryl/α,β-unsaturated/α-hetero) is 1. The lowest BCUT2D eigenvalue weighted by molar-refractivity contribution is -0.235. The second-order valence-corrected chi connectivity index (χ2v) is 25.8. The minimum absolute atomic E-state index is 0.000805. The first kappa shape index (κ1) is 60.8. The Bertz CT molecular complexity index is 3690. The SMILES string of the molecule is C[C@]12C=CC(=O)C=C1[C@@H](F)C[C@H]1[C@@H]3C[C@H]4OC(c5ccc(CC67CC(NC(=O)OCc8ccc(NC(=O)[C@H](CCC(=O)O)NC(=O)CNC(=O)CCC(=O)N9Cc%10ccccc%10C#Cc%10ccccc%109)cc8)(C6)C7)cc5)O[C@@]4(C(=O)CO)[C@@]3(C)C[C@H](O)[C@@]12F. The molecule has 21 heteroatoms. The Labute approximate surface area is 512 Å². The molecule has 1 unspecified atom stereocenters. The summed E-state index contributed by atoms with van der Waals surface area (Å²) >= 11 is 0. The highest BCUT2D eigenvalue weighted by atomic mass is 19.1. The summed E-state index contributed by atoms with van der Waals surface area (Å²) < 4.78 is 52.6. The monoisotopic (exact) mass is 1220 g/mol. The number of benzene rings is 4. The fraction of sp³-hybridized carbons (Fsp3) is 0.441. The molecule has 19 nitrogen and oxygen atoms in total. The van der Waals surface area contributed by atoms with Gasteiger partial charge >= 0.3 is 12.1 Å².